The standard InChI is InChI=1S/C5H11NOS/c1-3-4(2)5(7)6-8/h4,8H,3H2,1-2H3,(H,6,7). The molecule has 0 saturated carbocycles. The number of rotatable bonds is 2. The zero-order valence-corrected chi connectivity index (χ0v) is 6.03. The Labute approximate surface area is 55.2 Å². The molecular formula is C5H11NOS. The van der Waals surface area contributed by atoms with Crippen molar-refractivity contribution >= 4 is 18.7 Å². The normalized spacial score (nSPS) is 12.9. The average Bonchev–Trinajstić information content (AvgIpc) is 1.84. The van der Waals surface area contributed by atoms with Gasteiger partial charge in [0.1, 0.15) is 0 Å². The lowest BCUT2D eigenvalue weighted by molar-refractivity contribution is -0.122. The van der Waals surface area contributed by atoms with E-state index in [1.54, 1.807) is 0 Å². The molecule has 0 spiro atoms. The minimum absolute atomic E-state index is 0.00386. The van der Waals surface area contributed by atoms with Crippen LogP contribution in [0.5, 0.6) is 0 Å². The molecule has 0 aromatic heterocycles. The summed E-state index contributed by atoms with van der Waals surface area (Å²) in [6.45, 7) is 3.83. The molecule has 48 valence electrons. The highest BCUT2D eigenvalue weighted by molar-refractivity contribution is 7.78. The Hall–Kier alpha value is -0.180. The Morgan fingerprint density at radius 3 is 2.50 bits per heavy atom. The molecule has 1 unspecified atom stereocenters. The van der Waals surface area contributed by atoms with Gasteiger partial charge in [-0.15, -0.1) is 0 Å². The van der Waals surface area contributed by atoms with Gasteiger partial charge in [0.05, 0.1) is 0 Å². The first-order valence-corrected chi connectivity index (χ1v) is 3.11. The molecule has 0 aliphatic rings. The summed E-state index contributed by atoms with van der Waals surface area (Å²) in [6.07, 6.45) is 0.867. The summed E-state index contributed by atoms with van der Waals surface area (Å²) < 4.78 is 2.27. The second-order valence-corrected chi connectivity index (χ2v) is 2.01. The molecule has 0 aliphatic carbocycles. The van der Waals surface area contributed by atoms with Gasteiger partial charge in [-0.25, -0.2) is 0 Å². The molecule has 0 bridgehead atoms. The van der Waals surface area contributed by atoms with Crippen molar-refractivity contribution in [3.05, 3.63) is 0 Å². The number of carbonyl (C=O) groups is 1. The number of thiol groups is 1. The summed E-state index contributed by atoms with van der Waals surface area (Å²) in [5.74, 6) is 0.0864. The molecule has 1 amide bonds. The van der Waals surface area contributed by atoms with Crippen molar-refractivity contribution in [3.63, 3.8) is 0 Å². The lowest BCUT2D eigenvalue weighted by atomic mass is 10.1. The maximum atomic E-state index is 10.6. The molecule has 0 aromatic rings. The molecule has 0 aliphatic heterocycles. The van der Waals surface area contributed by atoms with E-state index < -0.39 is 0 Å². The van der Waals surface area contributed by atoms with Crippen molar-refractivity contribution in [1.82, 2.24) is 4.72 Å². The fourth-order valence-corrected chi connectivity index (χ4v) is 0.516. The first-order chi connectivity index (χ1) is 3.72. The average molecular weight is 133 g/mol. The van der Waals surface area contributed by atoms with E-state index in [0.717, 1.165) is 6.42 Å². The highest BCUT2D eigenvalue weighted by atomic mass is 32.1. The van der Waals surface area contributed by atoms with Crippen molar-refractivity contribution < 1.29 is 4.79 Å². The maximum absolute atomic E-state index is 10.6. The van der Waals surface area contributed by atoms with Gasteiger partial charge in [0, 0.05) is 5.92 Å². The minimum Gasteiger partial charge on any atom is -0.303 e. The Balaban J connectivity index is 3.46. The van der Waals surface area contributed by atoms with E-state index in [1.807, 2.05) is 13.8 Å². The molecule has 0 rings (SSSR count). The Bertz CT molecular complexity index is 84.5. The Morgan fingerprint density at radius 2 is 2.38 bits per heavy atom. The topological polar surface area (TPSA) is 29.1 Å². The van der Waals surface area contributed by atoms with Crippen LogP contribution in [0.4, 0.5) is 0 Å². The summed E-state index contributed by atoms with van der Waals surface area (Å²) in [6, 6.07) is 0. The van der Waals surface area contributed by atoms with Crippen molar-refractivity contribution in [2.75, 3.05) is 0 Å². The molecular weight excluding hydrogens is 122 g/mol. The van der Waals surface area contributed by atoms with Crippen LogP contribution in [0.25, 0.3) is 0 Å². The Morgan fingerprint density at radius 1 is 1.88 bits per heavy atom. The van der Waals surface area contributed by atoms with Crippen LogP contribution in [0.1, 0.15) is 20.3 Å². The lowest BCUT2D eigenvalue weighted by Crippen LogP contribution is -2.20. The summed E-state index contributed by atoms with van der Waals surface area (Å²) in [4.78, 5) is 10.6. The van der Waals surface area contributed by atoms with Gasteiger partial charge in [-0.1, -0.05) is 26.7 Å². The lowest BCUT2D eigenvalue weighted by Gasteiger charge is -2.02. The molecule has 3 heteroatoms. The molecule has 1 atom stereocenters. The number of carbonyl (C=O) groups excluding carboxylic acids is 1. The third-order valence-corrected chi connectivity index (χ3v) is 1.39. The van der Waals surface area contributed by atoms with Crippen LogP contribution >= 0.6 is 12.8 Å². The van der Waals surface area contributed by atoms with Crippen LogP contribution < -0.4 is 4.72 Å². The highest BCUT2D eigenvalue weighted by Gasteiger charge is 2.06. The predicted molar refractivity (Wildman–Crippen MR) is 36.6 cm³/mol. The molecule has 1 N–H and O–H groups in total. The monoisotopic (exact) mass is 133 g/mol. The highest BCUT2D eigenvalue weighted by Crippen LogP contribution is 1.98. The smallest absolute Gasteiger partial charge is 0.232 e. The van der Waals surface area contributed by atoms with Crippen molar-refractivity contribution in [3.8, 4) is 0 Å². The van der Waals surface area contributed by atoms with E-state index in [-0.39, 0.29) is 11.8 Å². The van der Waals surface area contributed by atoms with E-state index in [1.165, 1.54) is 0 Å². The van der Waals surface area contributed by atoms with Crippen LogP contribution in [-0.2, 0) is 4.79 Å². The summed E-state index contributed by atoms with van der Waals surface area (Å²) in [5.41, 5.74) is 0. The third-order valence-electron chi connectivity index (χ3n) is 1.17. The number of nitrogens with one attached hydrogen (secondary N) is 1. The second kappa shape index (κ2) is 3.78. The van der Waals surface area contributed by atoms with Crippen molar-refractivity contribution in [1.29, 1.82) is 0 Å². The number of amides is 1. The van der Waals surface area contributed by atoms with Crippen LogP contribution in [0.15, 0.2) is 0 Å². The van der Waals surface area contributed by atoms with E-state index >= 15 is 0 Å². The minimum atomic E-state index is -0.00386. The van der Waals surface area contributed by atoms with E-state index in [9.17, 15) is 4.79 Å². The fourth-order valence-electron chi connectivity index (χ4n) is 0.296. The Kier molecular flexibility index (Phi) is 3.69. The van der Waals surface area contributed by atoms with Crippen molar-refractivity contribution in [2.45, 2.75) is 20.3 Å². The molecule has 8 heavy (non-hydrogen) atoms. The van der Waals surface area contributed by atoms with Gasteiger partial charge in [-0.2, -0.15) is 0 Å². The molecule has 2 nitrogen and oxygen atoms in total. The predicted octanol–water partition coefficient (Wildman–Crippen LogP) is 0.994. The zero-order chi connectivity index (χ0) is 6.57. The first-order valence-electron chi connectivity index (χ1n) is 2.66. The first kappa shape index (κ1) is 7.82. The number of hydrogen-bond donors (Lipinski definition) is 2. The molecule has 0 aromatic carbocycles. The van der Waals surface area contributed by atoms with Gasteiger partial charge in [0.15, 0.2) is 0 Å². The molecule has 0 fully saturated rings. The molecule has 0 saturated heterocycles. The van der Waals surface area contributed by atoms with Gasteiger partial charge in [-0.3, -0.25) is 4.79 Å². The van der Waals surface area contributed by atoms with Crippen LogP contribution in [-0.4, -0.2) is 5.91 Å². The van der Waals surface area contributed by atoms with Gasteiger partial charge >= 0.3 is 0 Å². The quantitative estimate of drug-likeness (QED) is 0.540. The van der Waals surface area contributed by atoms with Crippen LogP contribution in [0.3, 0.4) is 0 Å². The van der Waals surface area contributed by atoms with E-state index in [0.29, 0.717) is 0 Å². The molecule has 0 heterocycles. The summed E-state index contributed by atoms with van der Waals surface area (Å²) in [5, 5.41) is 0. The summed E-state index contributed by atoms with van der Waals surface area (Å²) in [7, 11) is 0. The van der Waals surface area contributed by atoms with Gasteiger partial charge in [0.25, 0.3) is 0 Å². The van der Waals surface area contributed by atoms with E-state index in [2.05, 4.69) is 17.5 Å². The maximum Gasteiger partial charge on any atom is 0.232 e. The van der Waals surface area contributed by atoms with Gasteiger partial charge < -0.3 is 4.72 Å². The van der Waals surface area contributed by atoms with Gasteiger partial charge in [-0.05, 0) is 6.42 Å². The van der Waals surface area contributed by atoms with Crippen molar-refractivity contribution in [2.24, 2.45) is 5.92 Å². The fraction of sp³-hybridized carbons (Fsp3) is 0.800. The van der Waals surface area contributed by atoms with Crippen LogP contribution in [0, 0.1) is 5.92 Å². The van der Waals surface area contributed by atoms with Gasteiger partial charge in [0.2, 0.25) is 5.91 Å². The largest absolute Gasteiger partial charge is 0.303 e. The number of hydrogen-bond acceptors (Lipinski definition) is 2. The second-order valence-electron chi connectivity index (χ2n) is 1.79. The summed E-state index contributed by atoms with van der Waals surface area (Å²) >= 11 is 3.61. The third kappa shape index (κ3) is 2.21. The van der Waals surface area contributed by atoms with E-state index in [4.69, 9.17) is 0 Å². The zero-order valence-electron chi connectivity index (χ0n) is 5.14. The van der Waals surface area contributed by atoms with Crippen LogP contribution in [0.2, 0.25) is 0 Å². The molecule has 0 radical (unpaired) electrons. The SMILES string of the molecule is CCC(C)C(=O)NS.